The number of amides is 1. The van der Waals surface area contributed by atoms with Crippen molar-refractivity contribution < 1.29 is 14.7 Å². The maximum atomic E-state index is 12.0. The first kappa shape index (κ1) is 13.6. The van der Waals surface area contributed by atoms with Gasteiger partial charge in [0.15, 0.2) is 0 Å². The number of anilines is 1. The number of benzene rings is 1. The third kappa shape index (κ3) is 2.62. The van der Waals surface area contributed by atoms with Crippen molar-refractivity contribution in [1.29, 1.82) is 0 Å². The number of aliphatic carboxylic acids is 1. The van der Waals surface area contributed by atoms with Crippen LogP contribution in [0.25, 0.3) is 11.1 Å². The van der Waals surface area contributed by atoms with Gasteiger partial charge < -0.3 is 10.4 Å². The number of rotatable bonds is 3. The SMILES string of the molecule is O=C(O)CC1Cn2ncc(-c3ccc(Cl)cc3)c2NC1=O. The van der Waals surface area contributed by atoms with Crippen LogP contribution in [-0.2, 0) is 16.1 Å². The van der Waals surface area contributed by atoms with Crippen molar-refractivity contribution in [3.63, 3.8) is 0 Å². The monoisotopic (exact) mass is 305 g/mol. The van der Waals surface area contributed by atoms with E-state index in [2.05, 4.69) is 10.4 Å². The Kier molecular flexibility index (Phi) is 3.39. The molecule has 1 aliphatic rings. The first-order valence-electron chi connectivity index (χ1n) is 6.39. The first-order valence-corrected chi connectivity index (χ1v) is 6.77. The molecule has 1 aromatic carbocycles. The number of aromatic nitrogens is 2. The Morgan fingerprint density at radius 3 is 2.81 bits per heavy atom. The molecule has 0 radical (unpaired) electrons. The summed E-state index contributed by atoms with van der Waals surface area (Å²) in [5, 5.41) is 16.4. The Morgan fingerprint density at radius 2 is 2.14 bits per heavy atom. The average molecular weight is 306 g/mol. The molecule has 0 saturated heterocycles. The highest BCUT2D eigenvalue weighted by Crippen LogP contribution is 2.32. The van der Waals surface area contributed by atoms with Crippen molar-refractivity contribution in [1.82, 2.24) is 9.78 Å². The van der Waals surface area contributed by atoms with Gasteiger partial charge in [0, 0.05) is 10.6 Å². The van der Waals surface area contributed by atoms with Crippen molar-refractivity contribution >= 4 is 29.3 Å². The van der Waals surface area contributed by atoms with Crippen LogP contribution in [0.1, 0.15) is 6.42 Å². The van der Waals surface area contributed by atoms with E-state index < -0.39 is 11.9 Å². The lowest BCUT2D eigenvalue weighted by Crippen LogP contribution is -2.35. The number of nitrogens with one attached hydrogen (secondary N) is 1. The van der Waals surface area contributed by atoms with Crippen LogP contribution in [0.5, 0.6) is 0 Å². The number of carbonyl (C=O) groups is 2. The minimum atomic E-state index is -0.997. The van der Waals surface area contributed by atoms with Crippen LogP contribution in [0.4, 0.5) is 5.82 Å². The van der Waals surface area contributed by atoms with Crippen molar-refractivity contribution in [2.45, 2.75) is 13.0 Å². The summed E-state index contributed by atoms with van der Waals surface area (Å²) in [6, 6.07) is 7.21. The zero-order valence-corrected chi connectivity index (χ0v) is 11.7. The fraction of sp³-hybridized carbons (Fsp3) is 0.214. The van der Waals surface area contributed by atoms with Gasteiger partial charge in [-0.3, -0.25) is 9.59 Å². The molecule has 0 bridgehead atoms. The van der Waals surface area contributed by atoms with E-state index in [4.69, 9.17) is 16.7 Å². The molecule has 1 atom stereocenters. The first-order chi connectivity index (χ1) is 10.0. The number of carboxylic acid groups (broad SMARTS) is 1. The number of carbonyl (C=O) groups excluding carboxylic acids is 1. The Labute approximate surface area is 125 Å². The van der Waals surface area contributed by atoms with Gasteiger partial charge in [-0.1, -0.05) is 23.7 Å². The summed E-state index contributed by atoms with van der Waals surface area (Å²) in [7, 11) is 0. The zero-order chi connectivity index (χ0) is 15.0. The highest BCUT2D eigenvalue weighted by atomic mass is 35.5. The van der Waals surface area contributed by atoms with Crippen molar-refractivity contribution in [2.75, 3.05) is 5.32 Å². The highest BCUT2D eigenvalue weighted by molar-refractivity contribution is 6.30. The normalized spacial score (nSPS) is 17.2. The van der Waals surface area contributed by atoms with Crippen molar-refractivity contribution in [3.8, 4) is 11.1 Å². The van der Waals surface area contributed by atoms with E-state index in [1.54, 1.807) is 23.0 Å². The van der Waals surface area contributed by atoms with Gasteiger partial charge in [0.2, 0.25) is 5.91 Å². The summed E-state index contributed by atoms with van der Waals surface area (Å²) in [5.41, 5.74) is 1.67. The summed E-state index contributed by atoms with van der Waals surface area (Å²) in [5.74, 6) is -1.30. The molecule has 1 aromatic heterocycles. The molecule has 3 rings (SSSR count). The summed E-state index contributed by atoms with van der Waals surface area (Å²) in [4.78, 5) is 22.8. The second-order valence-corrected chi connectivity index (χ2v) is 5.32. The summed E-state index contributed by atoms with van der Waals surface area (Å²) in [6.45, 7) is 0.265. The van der Waals surface area contributed by atoms with Crippen LogP contribution >= 0.6 is 11.6 Å². The Balaban J connectivity index is 1.93. The summed E-state index contributed by atoms with van der Waals surface area (Å²) >= 11 is 5.86. The van der Waals surface area contributed by atoms with Gasteiger partial charge in [-0.25, -0.2) is 4.68 Å². The molecule has 1 unspecified atom stereocenters. The predicted molar refractivity (Wildman–Crippen MR) is 77.0 cm³/mol. The second-order valence-electron chi connectivity index (χ2n) is 4.88. The van der Waals surface area contributed by atoms with E-state index in [-0.39, 0.29) is 18.9 Å². The largest absolute Gasteiger partial charge is 0.481 e. The molecule has 1 amide bonds. The molecule has 0 aliphatic carbocycles. The van der Waals surface area contributed by atoms with Crippen molar-refractivity contribution in [2.24, 2.45) is 5.92 Å². The minimum Gasteiger partial charge on any atom is -0.481 e. The maximum absolute atomic E-state index is 12.0. The molecular formula is C14H12ClN3O3. The zero-order valence-electron chi connectivity index (χ0n) is 10.9. The molecular weight excluding hydrogens is 294 g/mol. The highest BCUT2D eigenvalue weighted by Gasteiger charge is 2.30. The van der Waals surface area contributed by atoms with E-state index in [9.17, 15) is 9.59 Å². The third-order valence-corrected chi connectivity index (χ3v) is 3.67. The van der Waals surface area contributed by atoms with Crippen LogP contribution in [0.3, 0.4) is 0 Å². The lowest BCUT2D eigenvalue weighted by molar-refractivity contribution is -0.140. The number of nitrogens with zero attached hydrogens (tertiary/aromatic N) is 2. The van der Waals surface area contributed by atoms with E-state index >= 15 is 0 Å². The van der Waals surface area contributed by atoms with Crippen LogP contribution in [0.2, 0.25) is 5.02 Å². The number of halogens is 1. The van der Waals surface area contributed by atoms with Gasteiger partial charge in [-0.15, -0.1) is 0 Å². The number of hydrogen-bond acceptors (Lipinski definition) is 3. The Hall–Kier alpha value is -2.34. The van der Waals surface area contributed by atoms with Crippen LogP contribution in [0, 0.1) is 5.92 Å². The molecule has 1 aliphatic heterocycles. The number of fused-ring (bicyclic) bond motifs is 1. The molecule has 6 nitrogen and oxygen atoms in total. The molecule has 0 fully saturated rings. The molecule has 0 saturated carbocycles. The molecule has 2 aromatic rings. The molecule has 21 heavy (non-hydrogen) atoms. The number of hydrogen-bond donors (Lipinski definition) is 2. The second kappa shape index (κ2) is 5.21. The van der Waals surface area contributed by atoms with Crippen molar-refractivity contribution in [3.05, 3.63) is 35.5 Å². The summed E-state index contributed by atoms with van der Waals surface area (Å²) < 4.78 is 1.62. The van der Waals surface area contributed by atoms with Crippen LogP contribution < -0.4 is 5.32 Å². The molecule has 2 heterocycles. The standard InChI is InChI=1S/C14H12ClN3O3/c15-10-3-1-8(2-4-10)11-6-16-18-7-9(5-12(19)20)14(21)17-13(11)18/h1-4,6,9H,5,7H2,(H,17,21)(H,19,20). The molecule has 0 spiro atoms. The van der Waals surface area contributed by atoms with Gasteiger partial charge in [0.1, 0.15) is 5.82 Å². The van der Waals surface area contributed by atoms with Gasteiger partial charge in [0.25, 0.3) is 0 Å². The fourth-order valence-corrected chi connectivity index (χ4v) is 2.50. The fourth-order valence-electron chi connectivity index (χ4n) is 2.37. The van der Waals surface area contributed by atoms with E-state index in [0.717, 1.165) is 11.1 Å². The van der Waals surface area contributed by atoms with Crippen LogP contribution in [0.15, 0.2) is 30.5 Å². The third-order valence-electron chi connectivity index (χ3n) is 3.42. The molecule has 2 N–H and O–H groups in total. The van der Waals surface area contributed by atoms with E-state index in [0.29, 0.717) is 10.8 Å². The Morgan fingerprint density at radius 1 is 1.43 bits per heavy atom. The van der Waals surface area contributed by atoms with Gasteiger partial charge in [-0.05, 0) is 17.7 Å². The van der Waals surface area contributed by atoms with Gasteiger partial charge in [0.05, 0.1) is 25.1 Å². The van der Waals surface area contributed by atoms with E-state index in [1.807, 2.05) is 12.1 Å². The quantitative estimate of drug-likeness (QED) is 0.911. The minimum absolute atomic E-state index is 0.207. The summed E-state index contributed by atoms with van der Waals surface area (Å²) in [6.07, 6.45) is 1.45. The van der Waals surface area contributed by atoms with Crippen LogP contribution in [-0.4, -0.2) is 26.8 Å². The van der Waals surface area contributed by atoms with E-state index in [1.165, 1.54) is 0 Å². The average Bonchev–Trinajstić information content (AvgIpc) is 2.82. The van der Waals surface area contributed by atoms with Gasteiger partial charge >= 0.3 is 5.97 Å². The Bertz CT molecular complexity index is 709. The topological polar surface area (TPSA) is 84.2 Å². The van der Waals surface area contributed by atoms with Gasteiger partial charge in [-0.2, -0.15) is 5.10 Å². The lowest BCUT2D eigenvalue weighted by atomic mass is 10.0. The molecule has 108 valence electrons. The maximum Gasteiger partial charge on any atom is 0.304 e. The number of carboxylic acids is 1. The smallest absolute Gasteiger partial charge is 0.304 e. The predicted octanol–water partition coefficient (Wildman–Crippen LogP) is 2.25. The lowest BCUT2D eigenvalue weighted by Gasteiger charge is -2.23. The molecule has 7 heteroatoms.